The van der Waals surface area contributed by atoms with Gasteiger partial charge < -0.3 is 5.73 Å². The Labute approximate surface area is 76.2 Å². The molecule has 0 fully saturated rings. The molecule has 0 radical (unpaired) electrons. The zero-order chi connectivity index (χ0) is 8.27. The second-order valence-electron chi connectivity index (χ2n) is 2.63. The summed E-state index contributed by atoms with van der Waals surface area (Å²) in [5.41, 5.74) is 6.77. The third-order valence-electron chi connectivity index (χ3n) is 1.62. The molecule has 60 valence electrons. The van der Waals surface area contributed by atoms with Crippen LogP contribution in [0.4, 0.5) is 0 Å². The Bertz CT molecular complexity index is 228. The Hall–Kier alpha value is -0.410. The molecule has 2 N–H and O–H groups in total. The first-order chi connectivity index (χ1) is 5.20. The lowest BCUT2D eigenvalue weighted by Gasteiger charge is -2.06. The van der Waals surface area contributed by atoms with Gasteiger partial charge in [0.25, 0.3) is 0 Å². The molecular formula is C8H11NS2. The van der Waals surface area contributed by atoms with Gasteiger partial charge in [0.05, 0.1) is 4.99 Å². The molecule has 0 aliphatic rings. The van der Waals surface area contributed by atoms with Crippen LogP contribution < -0.4 is 5.73 Å². The third-order valence-corrected chi connectivity index (χ3v) is 2.49. The minimum atomic E-state index is 0.471. The summed E-state index contributed by atoms with van der Waals surface area (Å²) in [4.78, 5) is 0.601. The average Bonchev–Trinajstić information content (AvgIpc) is 2.35. The van der Waals surface area contributed by atoms with Gasteiger partial charge in [-0.25, -0.2) is 0 Å². The largest absolute Gasteiger partial charge is 0.393 e. The van der Waals surface area contributed by atoms with E-state index in [1.165, 1.54) is 5.56 Å². The number of rotatable bonds is 3. The molecule has 0 spiro atoms. The molecule has 0 bridgehead atoms. The Morgan fingerprint density at radius 3 is 3.00 bits per heavy atom. The summed E-state index contributed by atoms with van der Waals surface area (Å²) >= 11 is 6.54. The maximum absolute atomic E-state index is 5.43. The number of nitrogens with two attached hydrogens (primary N) is 1. The van der Waals surface area contributed by atoms with E-state index in [4.69, 9.17) is 18.0 Å². The van der Waals surface area contributed by atoms with Crippen molar-refractivity contribution in [1.82, 2.24) is 0 Å². The molecule has 1 aromatic rings. The standard InChI is InChI=1S/C8H11NS2/c1-6(4-8(9)10)7-2-3-11-5-7/h2-3,5-6H,4H2,1H3,(H2,9,10). The molecule has 1 rings (SSSR count). The molecule has 0 aromatic carbocycles. The lowest BCUT2D eigenvalue weighted by atomic mass is 10.0. The van der Waals surface area contributed by atoms with Gasteiger partial charge in [0, 0.05) is 6.42 Å². The first kappa shape index (κ1) is 8.68. The van der Waals surface area contributed by atoms with Crippen molar-refractivity contribution in [2.24, 2.45) is 5.73 Å². The highest BCUT2D eigenvalue weighted by atomic mass is 32.1. The van der Waals surface area contributed by atoms with Crippen LogP contribution in [0.3, 0.4) is 0 Å². The van der Waals surface area contributed by atoms with E-state index in [-0.39, 0.29) is 0 Å². The normalized spacial score (nSPS) is 12.8. The van der Waals surface area contributed by atoms with Gasteiger partial charge in [-0.05, 0) is 28.3 Å². The molecular weight excluding hydrogens is 174 g/mol. The molecule has 1 heterocycles. The minimum Gasteiger partial charge on any atom is -0.393 e. The quantitative estimate of drug-likeness (QED) is 0.732. The van der Waals surface area contributed by atoms with Crippen LogP contribution in [0.1, 0.15) is 24.8 Å². The summed E-state index contributed by atoms with van der Waals surface area (Å²) in [7, 11) is 0. The van der Waals surface area contributed by atoms with Crippen LogP contribution in [0.2, 0.25) is 0 Å². The van der Waals surface area contributed by atoms with E-state index >= 15 is 0 Å². The molecule has 3 heteroatoms. The van der Waals surface area contributed by atoms with Gasteiger partial charge in [0.15, 0.2) is 0 Å². The molecule has 0 saturated carbocycles. The molecule has 1 nitrogen and oxygen atoms in total. The van der Waals surface area contributed by atoms with Gasteiger partial charge in [0.2, 0.25) is 0 Å². The van der Waals surface area contributed by atoms with Gasteiger partial charge in [0.1, 0.15) is 0 Å². The second-order valence-corrected chi connectivity index (χ2v) is 3.93. The zero-order valence-electron chi connectivity index (χ0n) is 6.41. The van der Waals surface area contributed by atoms with Crippen molar-refractivity contribution in [3.05, 3.63) is 22.4 Å². The predicted molar refractivity (Wildman–Crippen MR) is 54.1 cm³/mol. The van der Waals surface area contributed by atoms with Crippen molar-refractivity contribution in [2.45, 2.75) is 19.3 Å². The highest BCUT2D eigenvalue weighted by Gasteiger charge is 2.05. The summed E-state index contributed by atoms with van der Waals surface area (Å²) in [6, 6.07) is 2.12. The summed E-state index contributed by atoms with van der Waals surface area (Å²) < 4.78 is 0. The molecule has 0 aliphatic carbocycles. The second kappa shape index (κ2) is 3.83. The lowest BCUT2D eigenvalue weighted by Crippen LogP contribution is -2.10. The van der Waals surface area contributed by atoms with Crippen molar-refractivity contribution >= 4 is 28.5 Å². The number of hydrogen-bond acceptors (Lipinski definition) is 2. The maximum atomic E-state index is 5.43. The molecule has 1 aromatic heterocycles. The minimum absolute atomic E-state index is 0.471. The third kappa shape index (κ3) is 2.60. The van der Waals surface area contributed by atoms with Crippen LogP contribution in [-0.4, -0.2) is 4.99 Å². The monoisotopic (exact) mass is 185 g/mol. The Morgan fingerprint density at radius 2 is 2.55 bits per heavy atom. The van der Waals surface area contributed by atoms with Crippen molar-refractivity contribution in [2.75, 3.05) is 0 Å². The fraction of sp³-hybridized carbons (Fsp3) is 0.375. The van der Waals surface area contributed by atoms with E-state index in [1.807, 2.05) is 0 Å². The van der Waals surface area contributed by atoms with Crippen molar-refractivity contribution < 1.29 is 0 Å². The lowest BCUT2D eigenvalue weighted by molar-refractivity contribution is 0.811. The van der Waals surface area contributed by atoms with E-state index in [0.29, 0.717) is 10.9 Å². The van der Waals surface area contributed by atoms with E-state index in [2.05, 4.69) is 23.8 Å². The maximum Gasteiger partial charge on any atom is 0.0733 e. The summed E-state index contributed by atoms with van der Waals surface area (Å²) in [5.74, 6) is 0.471. The van der Waals surface area contributed by atoms with E-state index in [1.54, 1.807) is 11.3 Å². The van der Waals surface area contributed by atoms with Crippen LogP contribution in [0.5, 0.6) is 0 Å². The first-order valence-corrected chi connectivity index (χ1v) is 4.85. The molecule has 0 aliphatic heterocycles. The molecule has 0 amide bonds. The van der Waals surface area contributed by atoms with Crippen molar-refractivity contribution in [1.29, 1.82) is 0 Å². The van der Waals surface area contributed by atoms with Gasteiger partial charge >= 0.3 is 0 Å². The average molecular weight is 185 g/mol. The van der Waals surface area contributed by atoms with Crippen LogP contribution in [0, 0.1) is 0 Å². The summed E-state index contributed by atoms with van der Waals surface area (Å²) in [5, 5.41) is 4.22. The molecule has 1 atom stereocenters. The van der Waals surface area contributed by atoms with Gasteiger partial charge in [-0.1, -0.05) is 19.1 Å². The van der Waals surface area contributed by atoms with Crippen LogP contribution in [0.15, 0.2) is 16.8 Å². The number of thiocarbonyl (C=S) groups is 1. The zero-order valence-corrected chi connectivity index (χ0v) is 8.04. The molecule has 0 saturated heterocycles. The van der Waals surface area contributed by atoms with Gasteiger partial charge in [-0.15, -0.1) is 0 Å². The fourth-order valence-electron chi connectivity index (χ4n) is 0.975. The topological polar surface area (TPSA) is 26.0 Å². The van der Waals surface area contributed by atoms with E-state index in [0.717, 1.165) is 6.42 Å². The highest BCUT2D eigenvalue weighted by Crippen LogP contribution is 2.20. The van der Waals surface area contributed by atoms with Crippen LogP contribution >= 0.6 is 23.6 Å². The van der Waals surface area contributed by atoms with E-state index < -0.39 is 0 Å². The molecule has 11 heavy (non-hydrogen) atoms. The number of thiophene rings is 1. The van der Waals surface area contributed by atoms with Crippen LogP contribution in [0.25, 0.3) is 0 Å². The smallest absolute Gasteiger partial charge is 0.0733 e. The Balaban J connectivity index is 2.56. The van der Waals surface area contributed by atoms with Gasteiger partial charge in [-0.2, -0.15) is 11.3 Å². The van der Waals surface area contributed by atoms with E-state index in [9.17, 15) is 0 Å². The summed E-state index contributed by atoms with van der Waals surface area (Å²) in [6.07, 6.45) is 0.812. The first-order valence-electron chi connectivity index (χ1n) is 3.50. The van der Waals surface area contributed by atoms with Crippen molar-refractivity contribution in [3.8, 4) is 0 Å². The summed E-state index contributed by atoms with van der Waals surface area (Å²) in [6.45, 7) is 2.14. The Morgan fingerprint density at radius 1 is 1.82 bits per heavy atom. The number of hydrogen-bond donors (Lipinski definition) is 1. The van der Waals surface area contributed by atoms with Gasteiger partial charge in [-0.3, -0.25) is 0 Å². The highest BCUT2D eigenvalue weighted by molar-refractivity contribution is 7.80. The fourth-order valence-corrected chi connectivity index (χ4v) is 2.01. The SMILES string of the molecule is CC(CC(N)=S)c1ccsc1. The van der Waals surface area contributed by atoms with Crippen LogP contribution in [-0.2, 0) is 0 Å². The van der Waals surface area contributed by atoms with Crippen molar-refractivity contribution in [3.63, 3.8) is 0 Å². The predicted octanol–water partition coefficient (Wildman–Crippen LogP) is 2.53. The molecule has 1 unspecified atom stereocenters. The Kier molecular flexibility index (Phi) is 3.02.